The van der Waals surface area contributed by atoms with Crippen molar-refractivity contribution in [3.05, 3.63) is 24.0 Å². The largest absolute Gasteiger partial charge is 0.495 e. The van der Waals surface area contributed by atoms with Gasteiger partial charge in [-0.25, -0.2) is 0 Å². The number of hydrogen-bond donors (Lipinski definition) is 2. The molecular formula is C9H14N2O2. The highest BCUT2D eigenvalue weighted by molar-refractivity contribution is 5.25. The quantitative estimate of drug-likeness (QED) is 0.713. The Bertz CT molecular complexity index is 276. The SMILES string of the molecule is COc1cncc([C@H](O)[C@@H](C)N)c1. The summed E-state index contributed by atoms with van der Waals surface area (Å²) < 4.78 is 4.97. The molecule has 1 aromatic heterocycles. The number of aromatic nitrogens is 1. The topological polar surface area (TPSA) is 68.4 Å². The standard InChI is InChI=1S/C9H14N2O2/c1-6(10)9(12)7-3-8(13-2)5-11-4-7/h3-6,9,12H,10H2,1-2H3/t6-,9-/m1/s1. The van der Waals surface area contributed by atoms with E-state index in [0.717, 1.165) is 0 Å². The van der Waals surface area contributed by atoms with E-state index in [1.165, 1.54) is 0 Å². The van der Waals surface area contributed by atoms with Crippen LogP contribution in [-0.4, -0.2) is 23.2 Å². The molecule has 3 N–H and O–H groups in total. The predicted molar refractivity (Wildman–Crippen MR) is 49.4 cm³/mol. The first kappa shape index (κ1) is 9.95. The second kappa shape index (κ2) is 4.20. The van der Waals surface area contributed by atoms with Crippen molar-refractivity contribution in [2.75, 3.05) is 7.11 Å². The number of ether oxygens (including phenoxy) is 1. The predicted octanol–water partition coefficient (Wildman–Crippen LogP) is 0.471. The van der Waals surface area contributed by atoms with E-state index < -0.39 is 6.10 Å². The van der Waals surface area contributed by atoms with Gasteiger partial charge >= 0.3 is 0 Å². The molecule has 1 rings (SSSR count). The number of rotatable bonds is 3. The highest BCUT2D eigenvalue weighted by Crippen LogP contribution is 2.18. The number of pyridine rings is 1. The van der Waals surface area contributed by atoms with Gasteiger partial charge in [0.05, 0.1) is 19.4 Å². The molecule has 2 atom stereocenters. The molecule has 0 aliphatic carbocycles. The summed E-state index contributed by atoms with van der Waals surface area (Å²) in [6, 6.07) is 1.41. The van der Waals surface area contributed by atoms with Gasteiger partial charge in [0.25, 0.3) is 0 Å². The molecule has 1 heterocycles. The van der Waals surface area contributed by atoms with Crippen LogP contribution in [0.5, 0.6) is 5.75 Å². The number of nitrogens with two attached hydrogens (primary N) is 1. The fraction of sp³-hybridized carbons (Fsp3) is 0.444. The van der Waals surface area contributed by atoms with Crippen molar-refractivity contribution < 1.29 is 9.84 Å². The molecule has 0 saturated carbocycles. The molecule has 0 bridgehead atoms. The zero-order valence-electron chi connectivity index (χ0n) is 7.77. The lowest BCUT2D eigenvalue weighted by molar-refractivity contribution is 0.152. The molecule has 72 valence electrons. The Kier molecular flexibility index (Phi) is 3.22. The van der Waals surface area contributed by atoms with Crippen molar-refractivity contribution in [1.29, 1.82) is 0 Å². The van der Waals surface area contributed by atoms with Crippen LogP contribution in [0.15, 0.2) is 18.5 Å². The third-order valence-corrected chi connectivity index (χ3v) is 1.81. The third-order valence-electron chi connectivity index (χ3n) is 1.81. The summed E-state index contributed by atoms with van der Waals surface area (Å²) in [5.74, 6) is 0.622. The Hall–Kier alpha value is -1.13. The molecule has 0 aromatic carbocycles. The van der Waals surface area contributed by atoms with Crippen LogP contribution >= 0.6 is 0 Å². The minimum absolute atomic E-state index is 0.311. The van der Waals surface area contributed by atoms with Crippen LogP contribution in [-0.2, 0) is 0 Å². The molecule has 0 spiro atoms. The summed E-state index contributed by atoms with van der Waals surface area (Å²) in [7, 11) is 1.55. The van der Waals surface area contributed by atoms with Gasteiger partial charge in [0.1, 0.15) is 5.75 Å². The second-order valence-corrected chi connectivity index (χ2v) is 2.96. The average molecular weight is 182 g/mol. The average Bonchev–Trinajstić information content (AvgIpc) is 2.16. The van der Waals surface area contributed by atoms with E-state index in [2.05, 4.69) is 4.98 Å². The highest BCUT2D eigenvalue weighted by Gasteiger charge is 2.12. The maximum Gasteiger partial charge on any atom is 0.137 e. The van der Waals surface area contributed by atoms with Crippen LogP contribution < -0.4 is 10.5 Å². The van der Waals surface area contributed by atoms with E-state index in [0.29, 0.717) is 11.3 Å². The molecule has 0 aliphatic rings. The summed E-state index contributed by atoms with van der Waals surface area (Å²) in [6.45, 7) is 1.74. The molecule has 0 radical (unpaired) electrons. The third kappa shape index (κ3) is 2.40. The first-order chi connectivity index (χ1) is 6.15. The van der Waals surface area contributed by atoms with Crippen molar-refractivity contribution in [1.82, 2.24) is 4.98 Å². The molecule has 4 nitrogen and oxygen atoms in total. The lowest BCUT2D eigenvalue weighted by Crippen LogP contribution is -2.24. The highest BCUT2D eigenvalue weighted by atomic mass is 16.5. The Morgan fingerprint density at radius 3 is 2.77 bits per heavy atom. The summed E-state index contributed by atoms with van der Waals surface area (Å²) >= 11 is 0. The van der Waals surface area contributed by atoms with Gasteiger partial charge in [-0.15, -0.1) is 0 Å². The zero-order valence-corrected chi connectivity index (χ0v) is 7.77. The fourth-order valence-electron chi connectivity index (χ4n) is 1.01. The molecule has 0 aliphatic heterocycles. The van der Waals surface area contributed by atoms with E-state index in [4.69, 9.17) is 10.5 Å². The second-order valence-electron chi connectivity index (χ2n) is 2.96. The Balaban J connectivity index is 2.88. The zero-order chi connectivity index (χ0) is 9.84. The van der Waals surface area contributed by atoms with E-state index in [-0.39, 0.29) is 6.04 Å². The minimum Gasteiger partial charge on any atom is -0.495 e. The lowest BCUT2D eigenvalue weighted by Gasteiger charge is -2.14. The van der Waals surface area contributed by atoms with Crippen molar-refractivity contribution in [3.8, 4) is 5.75 Å². The van der Waals surface area contributed by atoms with Crippen LogP contribution in [0.25, 0.3) is 0 Å². The van der Waals surface area contributed by atoms with Gasteiger partial charge in [-0.1, -0.05) is 0 Å². The number of nitrogens with zero attached hydrogens (tertiary/aromatic N) is 1. The fourth-order valence-corrected chi connectivity index (χ4v) is 1.01. The first-order valence-corrected chi connectivity index (χ1v) is 4.07. The van der Waals surface area contributed by atoms with E-state index in [1.54, 1.807) is 32.5 Å². The summed E-state index contributed by atoms with van der Waals surface area (Å²) in [5.41, 5.74) is 6.22. The van der Waals surface area contributed by atoms with Crippen LogP contribution in [0.1, 0.15) is 18.6 Å². The normalized spacial score (nSPS) is 15.1. The number of methoxy groups -OCH3 is 1. The van der Waals surface area contributed by atoms with Crippen molar-refractivity contribution in [2.24, 2.45) is 5.73 Å². The number of aliphatic hydroxyl groups is 1. The van der Waals surface area contributed by atoms with Crippen LogP contribution in [0, 0.1) is 0 Å². The van der Waals surface area contributed by atoms with E-state index >= 15 is 0 Å². The summed E-state index contributed by atoms with van der Waals surface area (Å²) in [5, 5.41) is 9.60. The van der Waals surface area contributed by atoms with Crippen molar-refractivity contribution in [3.63, 3.8) is 0 Å². The Morgan fingerprint density at radius 2 is 2.23 bits per heavy atom. The molecule has 4 heteroatoms. The number of aliphatic hydroxyl groups excluding tert-OH is 1. The Morgan fingerprint density at radius 1 is 1.54 bits per heavy atom. The van der Waals surface area contributed by atoms with Gasteiger partial charge in [-0.05, 0) is 13.0 Å². The first-order valence-electron chi connectivity index (χ1n) is 4.07. The maximum atomic E-state index is 9.60. The number of hydrogen-bond acceptors (Lipinski definition) is 4. The minimum atomic E-state index is -0.692. The van der Waals surface area contributed by atoms with Crippen molar-refractivity contribution in [2.45, 2.75) is 19.1 Å². The van der Waals surface area contributed by atoms with Gasteiger partial charge in [-0.2, -0.15) is 0 Å². The van der Waals surface area contributed by atoms with Gasteiger partial charge < -0.3 is 15.6 Å². The maximum absolute atomic E-state index is 9.60. The van der Waals surface area contributed by atoms with Crippen LogP contribution in [0.2, 0.25) is 0 Å². The molecule has 13 heavy (non-hydrogen) atoms. The molecular weight excluding hydrogens is 168 g/mol. The summed E-state index contributed by atoms with van der Waals surface area (Å²) in [4.78, 5) is 3.92. The molecule has 0 unspecified atom stereocenters. The summed E-state index contributed by atoms with van der Waals surface area (Å²) in [6.07, 6.45) is 2.47. The Labute approximate surface area is 77.4 Å². The van der Waals surface area contributed by atoms with Gasteiger partial charge in [0.2, 0.25) is 0 Å². The van der Waals surface area contributed by atoms with E-state index in [1.807, 2.05) is 0 Å². The monoisotopic (exact) mass is 182 g/mol. The van der Waals surface area contributed by atoms with Crippen LogP contribution in [0.4, 0.5) is 0 Å². The van der Waals surface area contributed by atoms with Gasteiger partial charge in [-0.3, -0.25) is 4.98 Å². The molecule has 0 fully saturated rings. The van der Waals surface area contributed by atoms with Crippen molar-refractivity contribution >= 4 is 0 Å². The molecule has 0 saturated heterocycles. The van der Waals surface area contributed by atoms with Gasteiger partial charge in [0.15, 0.2) is 0 Å². The molecule has 0 amide bonds. The molecule has 1 aromatic rings. The smallest absolute Gasteiger partial charge is 0.137 e. The van der Waals surface area contributed by atoms with E-state index in [9.17, 15) is 5.11 Å². The lowest BCUT2D eigenvalue weighted by atomic mass is 10.1. The van der Waals surface area contributed by atoms with Gasteiger partial charge in [0, 0.05) is 17.8 Å². The van der Waals surface area contributed by atoms with Crippen LogP contribution in [0.3, 0.4) is 0 Å².